The number of anilines is 1. The first-order chi connectivity index (χ1) is 16.5. The van der Waals surface area contributed by atoms with Crippen molar-refractivity contribution in [3.63, 3.8) is 0 Å². The Bertz CT molecular complexity index is 1310. The Balaban J connectivity index is 1.78. The summed E-state index contributed by atoms with van der Waals surface area (Å²) in [5, 5.41) is 8.35. The molecule has 0 spiro atoms. The molecule has 2 aromatic carbocycles. The van der Waals surface area contributed by atoms with Gasteiger partial charge in [-0.3, -0.25) is 4.72 Å². The Morgan fingerprint density at radius 1 is 1.23 bits per heavy atom. The first kappa shape index (κ1) is 25.6. The maximum atomic E-state index is 14.5. The maximum absolute atomic E-state index is 14.5. The number of halogens is 2. The second-order valence-corrected chi connectivity index (χ2v) is 11.5. The molecule has 1 saturated heterocycles. The van der Waals surface area contributed by atoms with Crippen LogP contribution in [0.5, 0.6) is 0 Å². The zero-order valence-electron chi connectivity index (χ0n) is 20.0. The van der Waals surface area contributed by atoms with Gasteiger partial charge in [0.25, 0.3) is 10.0 Å². The van der Waals surface area contributed by atoms with Crippen molar-refractivity contribution in [3.8, 4) is 11.4 Å². The highest BCUT2D eigenvalue weighted by atomic mass is 35.5. The van der Waals surface area contributed by atoms with Crippen LogP contribution in [0.1, 0.15) is 44.6 Å². The van der Waals surface area contributed by atoms with E-state index in [0.717, 1.165) is 18.1 Å². The van der Waals surface area contributed by atoms with Gasteiger partial charge in [0.15, 0.2) is 11.6 Å². The Labute approximate surface area is 209 Å². The van der Waals surface area contributed by atoms with Crippen LogP contribution in [0.3, 0.4) is 0 Å². The van der Waals surface area contributed by atoms with Crippen LogP contribution in [0.15, 0.2) is 41.3 Å². The van der Waals surface area contributed by atoms with Crippen LogP contribution in [0, 0.1) is 5.82 Å². The van der Waals surface area contributed by atoms with E-state index in [9.17, 15) is 12.8 Å². The van der Waals surface area contributed by atoms with Crippen molar-refractivity contribution < 1.29 is 22.3 Å². The molecule has 0 bridgehead atoms. The van der Waals surface area contributed by atoms with Gasteiger partial charge in [-0.2, -0.15) is 0 Å². The molecular weight excluding hydrogens is 495 g/mol. The van der Waals surface area contributed by atoms with Gasteiger partial charge in [-0.05, 0) is 35.6 Å². The predicted molar refractivity (Wildman–Crippen MR) is 132 cm³/mol. The number of aromatic nitrogens is 3. The average Bonchev–Trinajstić information content (AvgIpc) is 3.45. The highest BCUT2D eigenvalue weighted by Crippen LogP contribution is 2.36. The second kappa shape index (κ2) is 9.85. The lowest BCUT2D eigenvalue weighted by atomic mass is 9.87. The Morgan fingerprint density at radius 3 is 2.54 bits per heavy atom. The molecule has 1 aromatic heterocycles. The number of methoxy groups -OCH3 is 1. The van der Waals surface area contributed by atoms with E-state index >= 15 is 0 Å². The van der Waals surface area contributed by atoms with Gasteiger partial charge >= 0.3 is 0 Å². The van der Waals surface area contributed by atoms with Crippen molar-refractivity contribution in [2.24, 2.45) is 0 Å². The molecule has 0 saturated carbocycles. The van der Waals surface area contributed by atoms with Gasteiger partial charge in [0.05, 0.1) is 28.3 Å². The third kappa shape index (κ3) is 5.35. The fraction of sp³-hybridized carbons (Fsp3) is 0.417. The van der Waals surface area contributed by atoms with E-state index in [4.69, 9.17) is 21.1 Å². The van der Waals surface area contributed by atoms with Crippen molar-refractivity contribution in [1.29, 1.82) is 0 Å². The number of ether oxygens (including phenoxy) is 2. The average molecular weight is 523 g/mol. The molecule has 2 heterocycles. The van der Waals surface area contributed by atoms with Crippen molar-refractivity contribution in [1.82, 2.24) is 14.8 Å². The van der Waals surface area contributed by atoms with Crippen LogP contribution in [-0.2, 0) is 31.5 Å². The van der Waals surface area contributed by atoms with Crippen molar-refractivity contribution in [2.75, 3.05) is 25.0 Å². The topological polar surface area (TPSA) is 95.3 Å². The lowest BCUT2D eigenvalue weighted by Crippen LogP contribution is -2.17. The van der Waals surface area contributed by atoms with E-state index in [1.54, 1.807) is 19.2 Å². The summed E-state index contributed by atoms with van der Waals surface area (Å²) in [7, 11) is -2.49. The summed E-state index contributed by atoms with van der Waals surface area (Å²) in [4.78, 5) is 0.0533. The lowest BCUT2D eigenvalue weighted by Gasteiger charge is -2.20. The highest BCUT2D eigenvalue weighted by Gasteiger charge is 2.28. The van der Waals surface area contributed by atoms with E-state index in [0.29, 0.717) is 30.4 Å². The third-order valence-electron chi connectivity index (χ3n) is 5.89. The smallest absolute Gasteiger partial charge is 0.261 e. The molecule has 1 fully saturated rings. The van der Waals surface area contributed by atoms with Crippen molar-refractivity contribution >= 4 is 27.3 Å². The minimum Gasteiger partial charge on any atom is -0.379 e. The van der Waals surface area contributed by atoms with Crippen LogP contribution in [-0.4, -0.2) is 43.5 Å². The van der Waals surface area contributed by atoms with Gasteiger partial charge in [0.1, 0.15) is 12.4 Å². The van der Waals surface area contributed by atoms with Crippen molar-refractivity contribution in [3.05, 3.63) is 58.6 Å². The first-order valence-corrected chi connectivity index (χ1v) is 13.0. The molecule has 1 aliphatic rings. The molecule has 35 heavy (non-hydrogen) atoms. The number of nitrogens with one attached hydrogen (secondary N) is 1. The fourth-order valence-electron chi connectivity index (χ4n) is 4.00. The van der Waals surface area contributed by atoms with Gasteiger partial charge in [-0.25, -0.2) is 12.8 Å². The molecular formula is C24H28ClFN4O4S. The minimum atomic E-state index is -4.04. The number of nitrogens with zero attached hydrogens (tertiary/aromatic N) is 3. The van der Waals surface area contributed by atoms with Crippen LogP contribution >= 0.6 is 11.6 Å². The van der Waals surface area contributed by atoms with Crippen LogP contribution in [0.25, 0.3) is 11.4 Å². The highest BCUT2D eigenvalue weighted by molar-refractivity contribution is 7.92. The number of hydrogen-bond donors (Lipinski definition) is 1. The van der Waals surface area contributed by atoms with E-state index in [1.807, 2.05) is 25.3 Å². The van der Waals surface area contributed by atoms with Gasteiger partial charge < -0.3 is 14.0 Å². The monoisotopic (exact) mass is 522 g/mol. The van der Waals surface area contributed by atoms with Gasteiger partial charge in [0, 0.05) is 25.3 Å². The largest absolute Gasteiger partial charge is 0.379 e. The molecule has 4 rings (SSSR count). The SMILES string of the molecule is COCc1nnc(-c2cc(Cl)c(F)cc2NS(=O)(=O)c2ccc(C(C)(C)C)cc2)n1C1CCOC1. The van der Waals surface area contributed by atoms with E-state index in [2.05, 4.69) is 14.9 Å². The Kier molecular flexibility index (Phi) is 7.19. The molecule has 188 valence electrons. The number of rotatable bonds is 7. The van der Waals surface area contributed by atoms with Crippen LogP contribution < -0.4 is 4.72 Å². The zero-order valence-corrected chi connectivity index (χ0v) is 21.6. The van der Waals surface area contributed by atoms with Crippen molar-refractivity contribution in [2.45, 2.75) is 50.2 Å². The summed E-state index contributed by atoms with van der Waals surface area (Å²) in [6.45, 7) is 7.34. The third-order valence-corrected chi connectivity index (χ3v) is 7.56. The number of benzene rings is 2. The molecule has 0 radical (unpaired) electrons. The second-order valence-electron chi connectivity index (χ2n) is 9.45. The fourth-order valence-corrected chi connectivity index (χ4v) is 5.23. The Morgan fingerprint density at radius 2 is 1.94 bits per heavy atom. The van der Waals surface area contributed by atoms with E-state index < -0.39 is 15.8 Å². The molecule has 0 amide bonds. The summed E-state index contributed by atoms with van der Waals surface area (Å²) in [5.41, 5.74) is 1.17. The van der Waals surface area contributed by atoms with Gasteiger partial charge in [0.2, 0.25) is 0 Å². The number of sulfonamides is 1. The molecule has 11 heteroatoms. The van der Waals surface area contributed by atoms with E-state index in [-0.39, 0.29) is 33.7 Å². The summed E-state index contributed by atoms with van der Waals surface area (Å²) in [6, 6.07) is 8.93. The number of hydrogen-bond acceptors (Lipinski definition) is 6. The minimum absolute atomic E-state index is 0.00308. The zero-order chi connectivity index (χ0) is 25.4. The van der Waals surface area contributed by atoms with E-state index in [1.165, 1.54) is 18.2 Å². The Hall–Kier alpha value is -2.53. The van der Waals surface area contributed by atoms with Gasteiger partial charge in [-0.1, -0.05) is 44.5 Å². The lowest BCUT2D eigenvalue weighted by molar-refractivity contribution is 0.166. The summed E-state index contributed by atoms with van der Waals surface area (Å²) < 4.78 is 56.2. The normalized spacial score (nSPS) is 16.6. The quantitative estimate of drug-likeness (QED) is 0.472. The molecule has 1 N–H and O–H groups in total. The predicted octanol–water partition coefficient (Wildman–Crippen LogP) is 4.94. The molecule has 0 aliphatic carbocycles. The molecule has 8 nitrogen and oxygen atoms in total. The summed E-state index contributed by atoms with van der Waals surface area (Å²) in [5.74, 6) is 0.129. The maximum Gasteiger partial charge on any atom is 0.261 e. The standard InChI is InChI=1S/C24H28ClFN4O4S/c1-24(2,3)15-5-7-17(8-6-15)35(31,32)29-21-12-20(26)19(25)11-18(21)23-28-27-22(14-33-4)30(23)16-9-10-34-13-16/h5-8,11-12,16,29H,9-10,13-14H2,1-4H3. The summed E-state index contributed by atoms with van der Waals surface area (Å²) >= 11 is 6.10. The summed E-state index contributed by atoms with van der Waals surface area (Å²) in [6.07, 6.45) is 0.720. The molecule has 1 unspecified atom stereocenters. The first-order valence-electron chi connectivity index (χ1n) is 11.1. The van der Waals surface area contributed by atoms with Crippen LogP contribution in [0.4, 0.5) is 10.1 Å². The van der Waals surface area contributed by atoms with Gasteiger partial charge in [-0.15, -0.1) is 10.2 Å². The molecule has 1 aliphatic heterocycles. The molecule has 3 aromatic rings. The van der Waals surface area contributed by atoms with Crippen LogP contribution in [0.2, 0.25) is 5.02 Å². The molecule has 1 atom stereocenters.